The SMILES string of the molecule is COc1ccc2nccc([C@@H](O)CC[C@@H]3CCN(C4CC(c5c(F)cc(F)cc5F)C4)C[C@@H]3C(=O)O)c2c1. The van der Waals surface area contributed by atoms with Gasteiger partial charge in [-0.15, -0.1) is 0 Å². The second-order valence-electron chi connectivity index (χ2n) is 10.5. The fourth-order valence-corrected chi connectivity index (χ4v) is 6.14. The van der Waals surface area contributed by atoms with E-state index < -0.39 is 35.4 Å². The number of piperidine rings is 1. The van der Waals surface area contributed by atoms with Gasteiger partial charge in [-0.25, -0.2) is 13.2 Å². The fraction of sp³-hybridized carbons (Fsp3) is 0.448. The Balaban J connectivity index is 1.20. The Morgan fingerprint density at radius 3 is 2.58 bits per heavy atom. The predicted octanol–water partition coefficient (Wildman–Crippen LogP) is 5.44. The van der Waals surface area contributed by atoms with Gasteiger partial charge in [0.2, 0.25) is 0 Å². The number of benzene rings is 2. The van der Waals surface area contributed by atoms with Crippen molar-refractivity contribution in [1.82, 2.24) is 9.88 Å². The van der Waals surface area contributed by atoms with E-state index in [0.29, 0.717) is 63.1 Å². The molecular formula is C29H31F3N2O4. The van der Waals surface area contributed by atoms with E-state index in [1.54, 1.807) is 19.4 Å². The summed E-state index contributed by atoms with van der Waals surface area (Å²) in [6, 6.07) is 8.72. The van der Waals surface area contributed by atoms with Crippen molar-refractivity contribution in [3.8, 4) is 5.75 Å². The number of carboxylic acids is 1. The highest BCUT2D eigenvalue weighted by molar-refractivity contribution is 5.83. The van der Waals surface area contributed by atoms with Crippen LogP contribution in [0.15, 0.2) is 42.6 Å². The number of rotatable bonds is 8. The van der Waals surface area contributed by atoms with Crippen LogP contribution in [0.4, 0.5) is 13.2 Å². The van der Waals surface area contributed by atoms with Gasteiger partial charge in [-0.3, -0.25) is 14.7 Å². The molecule has 0 unspecified atom stereocenters. The van der Waals surface area contributed by atoms with Gasteiger partial charge >= 0.3 is 5.97 Å². The molecule has 1 saturated carbocycles. The van der Waals surface area contributed by atoms with Gasteiger partial charge in [0.25, 0.3) is 0 Å². The summed E-state index contributed by atoms with van der Waals surface area (Å²) in [7, 11) is 1.58. The van der Waals surface area contributed by atoms with Gasteiger partial charge in [0.05, 0.1) is 24.6 Å². The van der Waals surface area contributed by atoms with Crippen molar-refractivity contribution < 1.29 is 32.9 Å². The van der Waals surface area contributed by atoms with Gasteiger partial charge in [-0.1, -0.05) is 0 Å². The van der Waals surface area contributed by atoms with Gasteiger partial charge in [0.1, 0.15) is 23.2 Å². The maximum Gasteiger partial charge on any atom is 0.308 e. The number of halogens is 3. The zero-order valence-corrected chi connectivity index (χ0v) is 21.1. The normalized spacial score (nSPS) is 24.7. The lowest BCUT2D eigenvalue weighted by Crippen LogP contribution is -2.52. The maximum atomic E-state index is 14.2. The van der Waals surface area contributed by atoms with Crippen LogP contribution in [0, 0.1) is 29.3 Å². The monoisotopic (exact) mass is 528 g/mol. The van der Waals surface area contributed by atoms with E-state index in [1.807, 2.05) is 18.2 Å². The minimum atomic E-state index is -0.937. The molecule has 2 N–H and O–H groups in total. The van der Waals surface area contributed by atoms with Crippen LogP contribution in [0.5, 0.6) is 5.75 Å². The lowest BCUT2D eigenvalue weighted by atomic mass is 9.72. The van der Waals surface area contributed by atoms with E-state index in [9.17, 15) is 28.2 Å². The maximum absolute atomic E-state index is 14.2. The molecule has 3 atom stereocenters. The number of fused-ring (bicyclic) bond motifs is 1. The number of carbonyl (C=O) groups is 1. The van der Waals surface area contributed by atoms with E-state index in [0.717, 1.165) is 16.5 Å². The van der Waals surface area contributed by atoms with Crippen LogP contribution in [-0.2, 0) is 4.79 Å². The van der Waals surface area contributed by atoms with Gasteiger partial charge < -0.3 is 14.9 Å². The zero-order chi connectivity index (χ0) is 27.0. The van der Waals surface area contributed by atoms with Gasteiger partial charge in [-0.2, -0.15) is 0 Å². The van der Waals surface area contributed by atoms with E-state index >= 15 is 0 Å². The third kappa shape index (κ3) is 5.22. The molecule has 38 heavy (non-hydrogen) atoms. The number of hydrogen-bond donors (Lipinski definition) is 2. The lowest BCUT2D eigenvalue weighted by Gasteiger charge is -2.47. The van der Waals surface area contributed by atoms with Gasteiger partial charge in [-0.05, 0) is 80.3 Å². The molecule has 0 spiro atoms. The van der Waals surface area contributed by atoms with Crippen LogP contribution in [-0.4, -0.2) is 52.3 Å². The molecule has 9 heteroatoms. The Bertz CT molecular complexity index is 1310. The van der Waals surface area contributed by atoms with Crippen LogP contribution >= 0.6 is 0 Å². The van der Waals surface area contributed by atoms with Crippen LogP contribution < -0.4 is 4.74 Å². The number of aliphatic hydroxyl groups is 1. The fourth-order valence-electron chi connectivity index (χ4n) is 6.14. The third-order valence-corrected chi connectivity index (χ3v) is 8.34. The highest BCUT2D eigenvalue weighted by atomic mass is 19.1. The van der Waals surface area contributed by atoms with Crippen LogP contribution in [0.2, 0.25) is 0 Å². The number of aromatic nitrogens is 1. The molecule has 1 saturated heterocycles. The number of aliphatic hydroxyl groups excluding tert-OH is 1. The molecule has 2 fully saturated rings. The van der Waals surface area contributed by atoms with Crippen molar-refractivity contribution in [1.29, 1.82) is 0 Å². The largest absolute Gasteiger partial charge is 0.497 e. The van der Waals surface area contributed by atoms with E-state index in [-0.39, 0.29) is 23.4 Å². The number of methoxy groups -OCH3 is 1. The Labute approximate surface area is 219 Å². The van der Waals surface area contributed by atoms with Crippen LogP contribution in [0.1, 0.15) is 55.3 Å². The lowest BCUT2D eigenvalue weighted by molar-refractivity contribution is -0.147. The first-order valence-corrected chi connectivity index (χ1v) is 13.0. The van der Waals surface area contributed by atoms with Crippen LogP contribution in [0.25, 0.3) is 10.9 Å². The molecule has 0 bridgehead atoms. The van der Waals surface area contributed by atoms with E-state index in [1.165, 1.54) is 0 Å². The zero-order valence-electron chi connectivity index (χ0n) is 21.1. The Kier molecular flexibility index (Phi) is 7.59. The number of likely N-dealkylation sites (tertiary alicyclic amines) is 1. The first-order chi connectivity index (χ1) is 18.2. The molecule has 3 aromatic rings. The number of hydrogen-bond acceptors (Lipinski definition) is 5. The number of ether oxygens (including phenoxy) is 1. The van der Waals surface area contributed by atoms with Gasteiger partial charge in [0.15, 0.2) is 0 Å². The Morgan fingerprint density at radius 2 is 1.89 bits per heavy atom. The molecule has 2 heterocycles. The molecule has 1 aliphatic carbocycles. The van der Waals surface area contributed by atoms with Crippen molar-refractivity contribution in [3.05, 3.63) is 71.2 Å². The molecule has 0 radical (unpaired) electrons. The summed E-state index contributed by atoms with van der Waals surface area (Å²) in [5.74, 6) is -3.91. The molecular weight excluding hydrogens is 497 g/mol. The summed E-state index contributed by atoms with van der Waals surface area (Å²) < 4.78 is 46.9. The number of nitrogens with zero attached hydrogens (tertiary/aromatic N) is 2. The van der Waals surface area contributed by atoms with Crippen molar-refractivity contribution >= 4 is 16.9 Å². The standard InChI is InChI=1S/C29H31F3N2O4/c1-38-20-3-4-26-22(14-20)21(6-8-33-26)27(35)5-2-16-7-9-34(15-23(16)29(36)37)19-10-17(11-19)28-24(31)12-18(30)13-25(28)32/h3-4,6,8,12-14,16-17,19,23,27,35H,2,5,7,9-11,15H2,1H3,(H,36,37)/t16-,17?,19?,23+,27+/m1/s1. The quantitative estimate of drug-likeness (QED) is 0.405. The number of carboxylic acid groups (broad SMARTS) is 1. The van der Waals surface area contributed by atoms with Crippen molar-refractivity contribution in [2.45, 2.75) is 50.2 Å². The molecule has 6 nitrogen and oxygen atoms in total. The summed E-state index contributed by atoms with van der Waals surface area (Å²) in [4.78, 5) is 18.6. The molecule has 2 aliphatic rings. The summed E-state index contributed by atoms with van der Waals surface area (Å²) in [5, 5.41) is 21.8. The van der Waals surface area contributed by atoms with Crippen LogP contribution in [0.3, 0.4) is 0 Å². The van der Waals surface area contributed by atoms with Gasteiger partial charge in [0, 0.05) is 41.9 Å². The third-order valence-electron chi connectivity index (χ3n) is 8.34. The summed E-state index contributed by atoms with van der Waals surface area (Å²) in [5.41, 5.74) is 1.40. The average molecular weight is 529 g/mol. The number of pyridine rings is 1. The average Bonchev–Trinajstić information content (AvgIpc) is 2.87. The highest BCUT2D eigenvalue weighted by Crippen LogP contribution is 2.44. The minimum absolute atomic E-state index is 0.0374. The Morgan fingerprint density at radius 1 is 1.16 bits per heavy atom. The molecule has 2 aromatic carbocycles. The van der Waals surface area contributed by atoms with E-state index in [4.69, 9.17) is 4.74 Å². The molecule has 1 aliphatic heterocycles. The molecule has 5 rings (SSSR count). The molecule has 1 aromatic heterocycles. The van der Waals surface area contributed by atoms with Crippen molar-refractivity contribution in [2.24, 2.45) is 11.8 Å². The second kappa shape index (κ2) is 10.9. The first kappa shape index (κ1) is 26.4. The predicted molar refractivity (Wildman–Crippen MR) is 135 cm³/mol. The van der Waals surface area contributed by atoms with Crippen molar-refractivity contribution in [2.75, 3.05) is 20.2 Å². The number of aliphatic carboxylic acids is 1. The highest BCUT2D eigenvalue weighted by Gasteiger charge is 2.42. The first-order valence-electron chi connectivity index (χ1n) is 13.0. The smallest absolute Gasteiger partial charge is 0.308 e. The second-order valence-corrected chi connectivity index (χ2v) is 10.5. The Hall–Kier alpha value is -3.17. The summed E-state index contributed by atoms with van der Waals surface area (Å²) in [6.45, 7) is 1.04. The summed E-state index contributed by atoms with van der Waals surface area (Å²) >= 11 is 0. The molecule has 202 valence electrons. The minimum Gasteiger partial charge on any atom is -0.497 e. The summed E-state index contributed by atoms with van der Waals surface area (Å²) in [6.07, 6.45) is 3.53. The topological polar surface area (TPSA) is 82.9 Å². The molecule has 0 amide bonds. The van der Waals surface area contributed by atoms with Crippen molar-refractivity contribution in [3.63, 3.8) is 0 Å². The van der Waals surface area contributed by atoms with E-state index in [2.05, 4.69) is 9.88 Å².